The number of likely N-dealkylation sites (tertiary alicyclic amines) is 1. The van der Waals surface area contributed by atoms with E-state index in [1.54, 1.807) is 30.0 Å². The van der Waals surface area contributed by atoms with Crippen molar-refractivity contribution in [3.05, 3.63) is 11.9 Å². The van der Waals surface area contributed by atoms with E-state index in [4.69, 9.17) is 15.2 Å². The molecule has 1 aliphatic heterocycles. The van der Waals surface area contributed by atoms with E-state index in [2.05, 4.69) is 5.10 Å². The summed E-state index contributed by atoms with van der Waals surface area (Å²) >= 11 is 0. The van der Waals surface area contributed by atoms with Crippen LogP contribution < -0.4 is 5.73 Å². The van der Waals surface area contributed by atoms with Gasteiger partial charge in [0, 0.05) is 40.1 Å². The Hall–Kier alpha value is -1.60. The molecule has 1 aromatic rings. The number of anilines is 1. The van der Waals surface area contributed by atoms with Gasteiger partial charge in [-0.15, -0.1) is 0 Å². The molecular weight excluding hydrogens is 248 g/mol. The Morgan fingerprint density at radius 3 is 2.42 bits per heavy atom. The third kappa shape index (κ3) is 2.57. The third-order valence-electron chi connectivity index (χ3n) is 3.42. The predicted molar refractivity (Wildman–Crippen MR) is 69.8 cm³/mol. The molecule has 1 amide bonds. The van der Waals surface area contributed by atoms with E-state index in [1.807, 2.05) is 6.92 Å². The lowest BCUT2D eigenvalue weighted by atomic mass is 10.3. The van der Waals surface area contributed by atoms with Gasteiger partial charge in [-0.05, 0) is 6.92 Å². The number of hydrogen-bond acceptors (Lipinski definition) is 5. The predicted octanol–water partition coefficient (Wildman–Crippen LogP) is -0.0290. The Morgan fingerprint density at radius 1 is 1.42 bits per heavy atom. The number of aromatic nitrogens is 2. The van der Waals surface area contributed by atoms with E-state index in [0.717, 1.165) is 0 Å². The zero-order valence-corrected chi connectivity index (χ0v) is 11.5. The van der Waals surface area contributed by atoms with Gasteiger partial charge in [0.25, 0.3) is 5.91 Å². The smallest absolute Gasteiger partial charge is 0.276 e. The molecule has 1 fully saturated rings. The van der Waals surface area contributed by atoms with Gasteiger partial charge in [0.2, 0.25) is 0 Å². The molecule has 1 aromatic heterocycles. The molecule has 0 aliphatic carbocycles. The van der Waals surface area contributed by atoms with E-state index in [1.165, 1.54) is 0 Å². The fourth-order valence-corrected chi connectivity index (χ4v) is 2.28. The minimum Gasteiger partial charge on any atom is -0.396 e. The maximum Gasteiger partial charge on any atom is 0.276 e. The number of amides is 1. The lowest BCUT2D eigenvalue weighted by molar-refractivity contribution is -0.00461. The van der Waals surface area contributed by atoms with Gasteiger partial charge in [0.05, 0.1) is 5.69 Å². The Labute approximate surface area is 112 Å². The van der Waals surface area contributed by atoms with Crippen LogP contribution in [0.1, 0.15) is 17.4 Å². The summed E-state index contributed by atoms with van der Waals surface area (Å²) < 4.78 is 12.3. The van der Waals surface area contributed by atoms with Crippen LogP contribution >= 0.6 is 0 Å². The van der Waals surface area contributed by atoms with Gasteiger partial charge in [-0.2, -0.15) is 5.10 Å². The van der Waals surface area contributed by atoms with Gasteiger partial charge < -0.3 is 20.1 Å². The topological polar surface area (TPSA) is 82.6 Å². The normalized spacial score (nSPS) is 23.0. The molecule has 2 heterocycles. The van der Waals surface area contributed by atoms with E-state index < -0.39 is 0 Å². The number of rotatable bonds is 4. The highest BCUT2D eigenvalue weighted by molar-refractivity contribution is 5.97. The molecule has 2 N–H and O–H groups in total. The molecule has 7 nitrogen and oxygen atoms in total. The van der Waals surface area contributed by atoms with Crippen molar-refractivity contribution in [2.24, 2.45) is 0 Å². The Balaban J connectivity index is 2.14. The molecule has 1 saturated heterocycles. The number of ether oxygens (including phenoxy) is 2. The van der Waals surface area contributed by atoms with Crippen molar-refractivity contribution in [2.45, 2.75) is 25.7 Å². The average molecular weight is 268 g/mol. The Bertz CT molecular complexity index is 448. The minimum absolute atomic E-state index is 0.108. The van der Waals surface area contributed by atoms with Crippen molar-refractivity contribution in [1.29, 1.82) is 0 Å². The molecule has 0 spiro atoms. The summed E-state index contributed by atoms with van der Waals surface area (Å²) in [5.74, 6) is -0.175. The van der Waals surface area contributed by atoms with Crippen molar-refractivity contribution in [2.75, 3.05) is 33.0 Å². The van der Waals surface area contributed by atoms with Crippen LogP contribution in [0.15, 0.2) is 6.20 Å². The number of nitrogens with two attached hydrogens (primary N) is 1. The van der Waals surface area contributed by atoms with Crippen LogP contribution in [0.4, 0.5) is 5.69 Å². The van der Waals surface area contributed by atoms with Crippen LogP contribution in [0.3, 0.4) is 0 Å². The summed E-state index contributed by atoms with van der Waals surface area (Å²) in [6.07, 6.45) is 1.46. The minimum atomic E-state index is -0.175. The lowest BCUT2D eigenvalue weighted by Crippen LogP contribution is -2.31. The first-order chi connectivity index (χ1) is 9.10. The van der Waals surface area contributed by atoms with Crippen molar-refractivity contribution in [3.8, 4) is 0 Å². The molecule has 1 aliphatic rings. The molecule has 0 radical (unpaired) electrons. The summed E-state index contributed by atoms with van der Waals surface area (Å²) in [6, 6.07) is 0. The molecule has 19 heavy (non-hydrogen) atoms. The van der Waals surface area contributed by atoms with E-state index in [0.29, 0.717) is 31.0 Å². The van der Waals surface area contributed by atoms with Crippen LogP contribution in [0, 0.1) is 0 Å². The van der Waals surface area contributed by atoms with Gasteiger partial charge in [-0.1, -0.05) is 0 Å². The average Bonchev–Trinajstić information content (AvgIpc) is 3.00. The highest BCUT2D eigenvalue weighted by atomic mass is 16.5. The summed E-state index contributed by atoms with van der Waals surface area (Å²) in [5.41, 5.74) is 6.53. The van der Waals surface area contributed by atoms with Gasteiger partial charge in [0.15, 0.2) is 5.69 Å². The quantitative estimate of drug-likeness (QED) is 0.829. The van der Waals surface area contributed by atoms with Crippen molar-refractivity contribution in [3.63, 3.8) is 0 Å². The van der Waals surface area contributed by atoms with Gasteiger partial charge >= 0.3 is 0 Å². The summed E-state index contributed by atoms with van der Waals surface area (Å²) in [5, 5.41) is 4.19. The molecule has 0 saturated carbocycles. The fourth-order valence-electron chi connectivity index (χ4n) is 2.28. The number of aryl methyl sites for hydroxylation is 1. The molecule has 106 valence electrons. The fraction of sp³-hybridized carbons (Fsp3) is 0.667. The summed E-state index contributed by atoms with van der Waals surface area (Å²) in [7, 11) is 3.23. The maximum atomic E-state index is 12.4. The molecule has 7 heteroatoms. The van der Waals surface area contributed by atoms with Crippen LogP contribution in [-0.2, 0) is 16.0 Å². The van der Waals surface area contributed by atoms with Crippen LogP contribution in [0.5, 0.6) is 0 Å². The number of nitrogen functional groups attached to an aromatic ring is 1. The van der Waals surface area contributed by atoms with E-state index in [-0.39, 0.29) is 18.1 Å². The molecule has 0 aromatic carbocycles. The van der Waals surface area contributed by atoms with Crippen molar-refractivity contribution < 1.29 is 14.3 Å². The Kier molecular flexibility index (Phi) is 4.06. The zero-order valence-electron chi connectivity index (χ0n) is 11.5. The van der Waals surface area contributed by atoms with Gasteiger partial charge in [0.1, 0.15) is 12.2 Å². The Morgan fingerprint density at radius 2 is 2.00 bits per heavy atom. The molecule has 2 unspecified atom stereocenters. The number of methoxy groups -OCH3 is 2. The molecule has 2 atom stereocenters. The second kappa shape index (κ2) is 5.58. The number of hydrogen-bond donors (Lipinski definition) is 1. The van der Waals surface area contributed by atoms with Crippen molar-refractivity contribution >= 4 is 11.6 Å². The van der Waals surface area contributed by atoms with E-state index >= 15 is 0 Å². The number of nitrogens with zero attached hydrogens (tertiary/aromatic N) is 3. The first kappa shape index (κ1) is 13.8. The van der Waals surface area contributed by atoms with E-state index in [9.17, 15) is 4.79 Å². The molecular formula is C12H20N4O3. The van der Waals surface area contributed by atoms with Crippen LogP contribution in [0.25, 0.3) is 0 Å². The lowest BCUT2D eigenvalue weighted by Gasteiger charge is -2.14. The first-order valence-electron chi connectivity index (χ1n) is 6.28. The second-order valence-corrected chi connectivity index (χ2v) is 4.55. The zero-order chi connectivity index (χ0) is 14.0. The van der Waals surface area contributed by atoms with Crippen molar-refractivity contribution in [1.82, 2.24) is 14.7 Å². The highest BCUT2D eigenvalue weighted by Gasteiger charge is 2.37. The second-order valence-electron chi connectivity index (χ2n) is 4.55. The number of carbonyl (C=O) groups excluding carboxylic acids is 1. The molecule has 0 bridgehead atoms. The summed E-state index contributed by atoms with van der Waals surface area (Å²) in [6.45, 7) is 3.61. The number of carbonyl (C=O) groups is 1. The summed E-state index contributed by atoms with van der Waals surface area (Å²) in [4.78, 5) is 14.0. The standard InChI is InChI=1S/C12H20N4O3/c1-4-16-5-8(13)11(14-16)12(17)15-6-9(18-2)10(7-15)19-3/h5,9-10H,4,6-7,13H2,1-3H3. The SMILES string of the molecule is CCn1cc(N)c(C(=O)N2CC(OC)C(OC)C2)n1. The monoisotopic (exact) mass is 268 g/mol. The third-order valence-corrected chi connectivity index (χ3v) is 3.42. The van der Waals surface area contributed by atoms with Crippen LogP contribution in [-0.4, -0.2) is 60.1 Å². The highest BCUT2D eigenvalue weighted by Crippen LogP contribution is 2.20. The maximum absolute atomic E-state index is 12.4. The van der Waals surface area contributed by atoms with Gasteiger partial charge in [-0.3, -0.25) is 9.48 Å². The first-order valence-corrected chi connectivity index (χ1v) is 6.28. The van der Waals surface area contributed by atoms with Crippen LogP contribution in [0.2, 0.25) is 0 Å². The molecule has 2 rings (SSSR count). The largest absolute Gasteiger partial charge is 0.396 e. The van der Waals surface area contributed by atoms with Gasteiger partial charge in [-0.25, -0.2) is 0 Å².